The van der Waals surface area contributed by atoms with Gasteiger partial charge in [-0.15, -0.1) is 0 Å². The molecule has 1 amide bonds. The van der Waals surface area contributed by atoms with E-state index in [-0.39, 0.29) is 5.91 Å². The van der Waals surface area contributed by atoms with Crippen LogP contribution in [0.1, 0.15) is 22.8 Å². The zero-order valence-electron chi connectivity index (χ0n) is 13.3. The zero-order chi connectivity index (χ0) is 16.9. The molecule has 6 heteroatoms. The van der Waals surface area contributed by atoms with Crippen molar-refractivity contribution < 1.29 is 14.3 Å². The Kier molecular flexibility index (Phi) is 5.53. The maximum Gasteiger partial charge on any atom is 0.255 e. The summed E-state index contributed by atoms with van der Waals surface area (Å²) in [6.45, 7) is 3.11. The minimum absolute atomic E-state index is 0.205. The van der Waals surface area contributed by atoms with E-state index in [1.165, 1.54) is 5.56 Å². The van der Waals surface area contributed by atoms with Crippen LogP contribution in [0.15, 0.2) is 36.4 Å². The fraction of sp³-hybridized carbons (Fsp3) is 0.278. The van der Waals surface area contributed by atoms with Gasteiger partial charge in [-0.25, -0.2) is 0 Å². The lowest BCUT2D eigenvalue weighted by molar-refractivity contribution is 0.102. The molecular weight excluding hydrogens is 346 g/mol. The first kappa shape index (κ1) is 17.0. The Morgan fingerprint density at radius 3 is 2.50 bits per heavy atom. The molecule has 1 aliphatic rings. The van der Waals surface area contributed by atoms with Gasteiger partial charge in [-0.1, -0.05) is 30.7 Å². The number of hydrogen-bond acceptors (Lipinski definition) is 4. The molecule has 0 fully saturated rings. The highest BCUT2D eigenvalue weighted by Gasteiger charge is 2.17. The number of halogens is 1. The number of nitrogens with one attached hydrogen (secondary N) is 1. The van der Waals surface area contributed by atoms with Crippen LogP contribution in [0.4, 0.5) is 5.69 Å². The molecular formula is C18H18ClNO3S. The number of ether oxygens (including phenoxy) is 2. The fourth-order valence-corrected chi connectivity index (χ4v) is 3.16. The van der Waals surface area contributed by atoms with Gasteiger partial charge in [0.2, 0.25) is 0 Å². The van der Waals surface area contributed by atoms with Gasteiger partial charge in [-0.3, -0.25) is 4.79 Å². The molecule has 24 heavy (non-hydrogen) atoms. The summed E-state index contributed by atoms with van der Waals surface area (Å²) in [7, 11) is 0. The van der Waals surface area contributed by atoms with E-state index in [4.69, 9.17) is 21.1 Å². The van der Waals surface area contributed by atoms with E-state index in [1.807, 2.05) is 36.0 Å². The molecule has 1 heterocycles. The van der Waals surface area contributed by atoms with Gasteiger partial charge in [0.05, 0.1) is 10.7 Å². The Morgan fingerprint density at radius 1 is 1.17 bits per heavy atom. The smallest absolute Gasteiger partial charge is 0.255 e. The molecule has 0 atom stereocenters. The van der Waals surface area contributed by atoms with Gasteiger partial charge in [0, 0.05) is 23.4 Å². The summed E-state index contributed by atoms with van der Waals surface area (Å²) < 4.78 is 11.0. The van der Waals surface area contributed by atoms with Crippen LogP contribution >= 0.6 is 23.4 Å². The average Bonchev–Trinajstić information content (AvgIpc) is 2.61. The topological polar surface area (TPSA) is 47.6 Å². The molecule has 4 nitrogen and oxygen atoms in total. The van der Waals surface area contributed by atoms with Crippen LogP contribution < -0.4 is 14.8 Å². The van der Waals surface area contributed by atoms with Crippen molar-refractivity contribution in [3.8, 4) is 11.5 Å². The molecule has 0 aliphatic carbocycles. The summed E-state index contributed by atoms with van der Waals surface area (Å²) in [6, 6.07) is 11.0. The van der Waals surface area contributed by atoms with Crippen molar-refractivity contribution in [3.63, 3.8) is 0 Å². The Morgan fingerprint density at radius 2 is 1.83 bits per heavy atom. The summed E-state index contributed by atoms with van der Waals surface area (Å²) in [4.78, 5) is 12.4. The van der Waals surface area contributed by atoms with E-state index in [9.17, 15) is 4.79 Å². The number of rotatable bonds is 5. The van der Waals surface area contributed by atoms with Gasteiger partial charge in [0.25, 0.3) is 5.91 Å². The summed E-state index contributed by atoms with van der Waals surface area (Å²) in [5.41, 5.74) is 2.30. The van der Waals surface area contributed by atoms with E-state index < -0.39 is 0 Å². The Labute approximate surface area is 150 Å². The molecule has 3 rings (SSSR count). The highest BCUT2D eigenvalue weighted by molar-refractivity contribution is 7.98. The number of carbonyl (C=O) groups is 1. The maximum absolute atomic E-state index is 12.4. The lowest BCUT2D eigenvalue weighted by Crippen LogP contribution is -2.17. The first-order chi connectivity index (χ1) is 11.7. The fourth-order valence-electron chi connectivity index (χ4n) is 2.33. The minimum Gasteiger partial charge on any atom is -0.486 e. The van der Waals surface area contributed by atoms with Gasteiger partial charge in [0.15, 0.2) is 11.5 Å². The summed E-state index contributed by atoms with van der Waals surface area (Å²) in [6.07, 6.45) is 0. The van der Waals surface area contributed by atoms with Crippen molar-refractivity contribution in [3.05, 3.63) is 52.5 Å². The second kappa shape index (κ2) is 7.81. The summed E-state index contributed by atoms with van der Waals surface area (Å²) in [5, 5.41) is 3.25. The minimum atomic E-state index is -0.205. The lowest BCUT2D eigenvalue weighted by Gasteiger charge is -2.20. The van der Waals surface area contributed by atoms with Gasteiger partial charge in [0.1, 0.15) is 13.2 Å². The highest BCUT2D eigenvalue weighted by atomic mass is 35.5. The second-order valence-corrected chi connectivity index (χ2v) is 6.95. The van der Waals surface area contributed by atoms with Crippen molar-refractivity contribution in [2.75, 3.05) is 24.3 Å². The predicted molar refractivity (Wildman–Crippen MR) is 98.7 cm³/mol. The van der Waals surface area contributed by atoms with Gasteiger partial charge in [-0.05, 0) is 23.4 Å². The summed E-state index contributed by atoms with van der Waals surface area (Å²) in [5.74, 6) is 3.01. The Balaban J connectivity index is 1.72. The van der Waals surface area contributed by atoms with Gasteiger partial charge >= 0.3 is 0 Å². The van der Waals surface area contributed by atoms with Crippen LogP contribution in [0.3, 0.4) is 0 Å². The van der Waals surface area contributed by atoms with Crippen molar-refractivity contribution in [2.45, 2.75) is 12.7 Å². The SMILES string of the molecule is CCSCc1ccc(C(=O)Nc2cc3c(cc2Cl)OCCO3)cc1. The number of amides is 1. The van der Waals surface area contributed by atoms with E-state index >= 15 is 0 Å². The van der Waals surface area contributed by atoms with Crippen LogP contribution in [-0.2, 0) is 5.75 Å². The standard InChI is InChI=1S/C18H18ClNO3S/c1-2-24-11-12-3-5-13(6-4-12)18(21)20-15-10-17-16(9-14(15)19)22-7-8-23-17/h3-6,9-10H,2,7-8,11H2,1H3,(H,20,21). The number of carbonyl (C=O) groups excluding carboxylic acids is 1. The van der Waals surface area contributed by atoms with Crippen molar-refractivity contribution in [1.29, 1.82) is 0 Å². The van der Waals surface area contributed by atoms with Crippen molar-refractivity contribution >= 4 is 35.0 Å². The van der Waals surface area contributed by atoms with Crippen LogP contribution in [0.2, 0.25) is 5.02 Å². The first-order valence-corrected chi connectivity index (χ1v) is 9.28. The third-order valence-electron chi connectivity index (χ3n) is 3.57. The van der Waals surface area contributed by atoms with Crippen molar-refractivity contribution in [2.24, 2.45) is 0 Å². The third kappa shape index (κ3) is 3.97. The normalized spacial score (nSPS) is 12.8. The Hall–Kier alpha value is -1.85. The van der Waals surface area contributed by atoms with Crippen molar-refractivity contribution in [1.82, 2.24) is 0 Å². The van der Waals surface area contributed by atoms with Crippen LogP contribution in [-0.4, -0.2) is 24.9 Å². The van der Waals surface area contributed by atoms with Crippen LogP contribution in [0.25, 0.3) is 0 Å². The molecule has 2 aromatic rings. The molecule has 0 saturated heterocycles. The predicted octanol–water partition coefficient (Wildman–Crippen LogP) is 4.62. The molecule has 0 spiro atoms. The zero-order valence-corrected chi connectivity index (χ0v) is 14.9. The number of anilines is 1. The quantitative estimate of drug-likeness (QED) is 0.842. The van der Waals surface area contributed by atoms with E-state index in [1.54, 1.807) is 12.1 Å². The molecule has 1 N–H and O–H groups in total. The van der Waals surface area contributed by atoms with Gasteiger partial charge in [-0.2, -0.15) is 11.8 Å². The molecule has 126 valence electrons. The Bertz CT molecular complexity index is 734. The number of benzene rings is 2. The largest absolute Gasteiger partial charge is 0.486 e. The first-order valence-electron chi connectivity index (χ1n) is 7.74. The number of thioether (sulfide) groups is 1. The molecule has 0 bridgehead atoms. The highest BCUT2D eigenvalue weighted by Crippen LogP contribution is 2.38. The van der Waals surface area contributed by atoms with Crippen LogP contribution in [0, 0.1) is 0 Å². The van der Waals surface area contributed by atoms with E-state index in [2.05, 4.69) is 12.2 Å². The van der Waals surface area contributed by atoms with Gasteiger partial charge < -0.3 is 14.8 Å². The molecule has 0 aromatic heterocycles. The molecule has 0 saturated carbocycles. The second-order valence-electron chi connectivity index (χ2n) is 5.26. The average molecular weight is 364 g/mol. The summed E-state index contributed by atoms with van der Waals surface area (Å²) >= 11 is 8.07. The molecule has 0 radical (unpaired) electrons. The third-order valence-corrected chi connectivity index (χ3v) is 4.83. The van der Waals surface area contributed by atoms with Crippen LogP contribution in [0.5, 0.6) is 11.5 Å². The molecule has 2 aromatic carbocycles. The lowest BCUT2D eigenvalue weighted by atomic mass is 10.1. The number of fused-ring (bicyclic) bond motifs is 1. The maximum atomic E-state index is 12.4. The van der Waals surface area contributed by atoms with E-state index in [0.717, 1.165) is 11.5 Å². The molecule has 0 unspecified atom stereocenters. The van der Waals surface area contributed by atoms with E-state index in [0.29, 0.717) is 41.0 Å². The monoisotopic (exact) mass is 363 g/mol. The number of hydrogen-bond donors (Lipinski definition) is 1. The molecule has 1 aliphatic heterocycles.